The second-order valence-corrected chi connectivity index (χ2v) is 6.05. The van der Waals surface area contributed by atoms with Crippen LogP contribution >= 0.6 is 11.3 Å². The molecule has 0 radical (unpaired) electrons. The highest BCUT2D eigenvalue weighted by Gasteiger charge is 2.00. The molecule has 1 heterocycles. The van der Waals surface area contributed by atoms with Crippen molar-refractivity contribution < 1.29 is 4.74 Å². The number of hydrogen-bond donors (Lipinski definition) is 0. The lowest BCUT2D eigenvalue weighted by molar-refractivity contribution is 0.415. The molecule has 0 saturated carbocycles. The van der Waals surface area contributed by atoms with E-state index in [1.165, 1.54) is 0 Å². The van der Waals surface area contributed by atoms with Crippen LogP contribution in [0.2, 0.25) is 0 Å². The largest absolute Gasteiger partial charge is 0.497 e. The Balaban J connectivity index is 2.30. The van der Waals surface area contributed by atoms with E-state index in [9.17, 15) is 0 Å². The molecule has 0 aliphatic heterocycles. The summed E-state index contributed by atoms with van der Waals surface area (Å²) < 4.78 is 7.04. The fourth-order valence-corrected chi connectivity index (χ4v) is 2.53. The van der Waals surface area contributed by atoms with E-state index in [1.807, 2.05) is 42.1 Å². The van der Waals surface area contributed by atoms with Gasteiger partial charge in [0.05, 0.1) is 18.5 Å². The standard InChI is InChI=1S/C16H21N3OS/c1-12(2)9-10-17-19-13(3)11-21-16(19)18-14-5-7-15(20-4)8-6-14/h5-8,10-12H,9H2,1-4H3. The van der Waals surface area contributed by atoms with Crippen molar-refractivity contribution in [3.63, 3.8) is 0 Å². The van der Waals surface area contributed by atoms with Crippen LogP contribution in [-0.2, 0) is 0 Å². The van der Waals surface area contributed by atoms with E-state index in [-0.39, 0.29) is 0 Å². The van der Waals surface area contributed by atoms with Crippen molar-refractivity contribution in [1.29, 1.82) is 0 Å². The van der Waals surface area contributed by atoms with Crippen LogP contribution in [0.25, 0.3) is 0 Å². The number of methoxy groups -OCH3 is 1. The quantitative estimate of drug-likeness (QED) is 0.770. The highest BCUT2D eigenvalue weighted by atomic mass is 32.1. The summed E-state index contributed by atoms with van der Waals surface area (Å²) >= 11 is 1.59. The minimum absolute atomic E-state index is 0.607. The van der Waals surface area contributed by atoms with Crippen molar-refractivity contribution in [2.24, 2.45) is 16.0 Å². The van der Waals surface area contributed by atoms with Crippen LogP contribution in [0.3, 0.4) is 0 Å². The number of rotatable bonds is 5. The molecular weight excluding hydrogens is 282 g/mol. The SMILES string of the molecule is COc1ccc(N=c2scc(C)n2N=CCC(C)C)cc1. The summed E-state index contributed by atoms with van der Waals surface area (Å²) in [7, 11) is 1.66. The summed E-state index contributed by atoms with van der Waals surface area (Å²) in [5, 5.41) is 6.58. The first-order chi connectivity index (χ1) is 10.1. The molecule has 1 aromatic heterocycles. The number of aryl methyl sites for hydroxylation is 1. The van der Waals surface area contributed by atoms with Gasteiger partial charge in [0.2, 0.25) is 4.80 Å². The first kappa shape index (κ1) is 15.5. The van der Waals surface area contributed by atoms with Crippen LogP contribution in [0.4, 0.5) is 5.69 Å². The number of aromatic nitrogens is 1. The van der Waals surface area contributed by atoms with Gasteiger partial charge in [-0.05, 0) is 43.5 Å². The van der Waals surface area contributed by atoms with Gasteiger partial charge in [-0.25, -0.2) is 9.67 Å². The fourth-order valence-electron chi connectivity index (χ4n) is 1.71. The highest BCUT2D eigenvalue weighted by Crippen LogP contribution is 2.17. The zero-order valence-corrected chi connectivity index (χ0v) is 13.7. The smallest absolute Gasteiger partial charge is 0.211 e. The van der Waals surface area contributed by atoms with Crippen LogP contribution < -0.4 is 9.54 Å². The topological polar surface area (TPSA) is 38.9 Å². The molecule has 0 amide bonds. The summed E-state index contributed by atoms with van der Waals surface area (Å²) in [6.07, 6.45) is 2.92. The molecule has 2 aromatic rings. The van der Waals surface area contributed by atoms with Gasteiger partial charge < -0.3 is 4.74 Å². The molecule has 0 atom stereocenters. The molecule has 0 spiro atoms. The molecule has 5 heteroatoms. The molecule has 4 nitrogen and oxygen atoms in total. The molecule has 0 aliphatic carbocycles. The Kier molecular flexibility index (Phi) is 5.33. The molecule has 0 aliphatic rings. The van der Waals surface area contributed by atoms with Crippen molar-refractivity contribution in [2.75, 3.05) is 7.11 Å². The maximum Gasteiger partial charge on any atom is 0.211 e. The molecular formula is C16H21N3OS. The van der Waals surface area contributed by atoms with Gasteiger partial charge in [0.1, 0.15) is 5.75 Å². The van der Waals surface area contributed by atoms with E-state index in [0.717, 1.165) is 28.4 Å². The zero-order chi connectivity index (χ0) is 15.2. The van der Waals surface area contributed by atoms with Crippen molar-refractivity contribution >= 4 is 23.2 Å². The Labute approximate surface area is 129 Å². The molecule has 0 unspecified atom stereocenters. The average molecular weight is 303 g/mol. The summed E-state index contributed by atoms with van der Waals surface area (Å²) in [5.74, 6) is 1.44. The van der Waals surface area contributed by atoms with Crippen molar-refractivity contribution in [1.82, 2.24) is 4.68 Å². The Morgan fingerprint density at radius 1 is 1.29 bits per heavy atom. The molecule has 1 aromatic carbocycles. The first-order valence-corrected chi connectivity index (χ1v) is 7.87. The minimum atomic E-state index is 0.607. The number of benzene rings is 1. The third-order valence-corrected chi connectivity index (χ3v) is 3.86. The normalized spacial score (nSPS) is 12.5. The van der Waals surface area contributed by atoms with Gasteiger partial charge in [-0.2, -0.15) is 5.10 Å². The third-order valence-electron chi connectivity index (χ3n) is 2.92. The van der Waals surface area contributed by atoms with Crippen LogP contribution in [0.15, 0.2) is 39.7 Å². The monoisotopic (exact) mass is 303 g/mol. The van der Waals surface area contributed by atoms with Gasteiger partial charge in [-0.3, -0.25) is 0 Å². The van der Waals surface area contributed by atoms with Crippen molar-refractivity contribution in [3.05, 3.63) is 40.1 Å². The van der Waals surface area contributed by atoms with Crippen molar-refractivity contribution in [2.45, 2.75) is 27.2 Å². The number of nitrogens with zero attached hydrogens (tertiary/aromatic N) is 3. The van der Waals surface area contributed by atoms with Gasteiger partial charge in [0.15, 0.2) is 0 Å². The summed E-state index contributed by atoms with van der Waals surface area (Å²) in [4.78, 5) is 5.52. The maximum atomic E-state index is 5.15. The molecule has 0 fully saturated rings. The maximum absolute atomic E-state index is 5.15. The van der Waals surface area contributed by atoms with E-state index < -0.39 is 0 Å². The molecule has 21 heavy (non-hydrogen) atoms. The fraction of sp³-hybridized carbons (Fsp3) is 0.375. The van der Waals surface area contributed by atoms with Gasteiger partial charge in [-0.15, -0.1) is 11.3 Å². The molecule has 112 valence electrons. The van der Waals surface area contributed by atoms with Crippen LogP contribution in [0.1, 0.15) is 26.0 Å². The van der Waals surface area contributed by atoms with E-state index in [4.69, 9.17) is 4.74 Å². The lowest BCUT2D eigenvalue weighted by atomic mass is 10.2. The first-order valence-electron chi connectivity index (χ1n) is 6.99. The number of thiazole rings is 1. The summed E-state index contributed by atoms with van der Waals surface area (Å²) in [5.41, 5.74) is 1.98. The van der Waals surface area contributed by atoms with Crippen molar-refractivity contribution in [3.8, 4) is 5.75 Å². The van der Waals surface area contributed by atoms with Gasteiger partial charge in [-0.1, -0.05) is 13.8 Å². The van der Waals surface area contributed by atoms with Gasteiger partial charge in [0, 0.05) is 11.6 Å². The lowest BCUT2D eigenvalue weighted by Crippen LogP contribution is -2.11. The van der Waals surface area contributed by atoms with E-state index in [0.29, 0.717) is 5.92 Å². The molecule has 0 bridgehead atoms. The summed E-state index contributed by atoms with van der Waals surface area (Å²) in [6.45, 7) is 6.40. The Hall–Kier alpha value is -1.88. The predicted octanol–water partition coefficient (Wildman–Crippen LogP) is 3.98. The number of ether oxygens (including phenoxy) is 1. The van der Waals surface area contributed by atoms with Gasteiger partial charge >= 0.3 is 0 Å². The molecule has 2 rings (SSSR count). The lowest BCUT2D eigenvalue weighted by Gasteiger charge is -2.01. The Bertz CT molecular complexity index is 666. The van der Waals surface area contributed by atoms with E-state index >= 15 is 0 Å². The van der Waals surface area contributed by atoms with E-state index in [1.54, 1.807) is 18.4 Å². The zero-order valence-electron chi connectivity index (χ0n) is 12.9. The number of hydrogen-bond acceptors (Lipinski definition) is 4. The predicted molar refractivity (Wildman–Crippen MR) is 88.6 cm³/mol. The summed E-state index contributed by atoms with van der Waals surface area (Å²) in [6, 6.07) is 7.70. The Morgan fingerprint density at radius 2 is 2.00 bits per heavy atom. The highest BCUT2D eigenvalue weighted by molar-refractivity contribution is 7.07. The van der Waals surface area contributed by atoms with E-state index in [2.05, 4.69) is 29.3 Å². The molecule has 0 N–H and O–H groups in total. The van der Waals surface area contributed by atoms with Crippen LogP contribution in [-0.4, -0.2) is 18.0 Å². The Morgan fingerprint density at radius 3 is 2.62 bits per heavy atom. The van der Waals surface area contributed by atoms with Crippen LogP contribution in [0, 0.1) is 12.8 Å². The second kappa shape index (κ2) is 7.22. The molecule has 0 saturated heterocycles. The average Bonchev–Trinajstić information content (AvgIpc) is 2.81. The minimum Gasteiger partial charge on any atom is -0.497 e. The second-order valence-electron chi connectivity index (χ2n) is 5.21. The van der Waals surface area contributed by atoms with Crippen LogP contribution in [0.5, 0.6) is 5.75 Å². The third kappa shape index (κ3) is 4.29. The van der Waals surface area contributed by atoms with Gasteiger partial charge in [0.25, 0.3) is 0 Å².